The van der Waals surface area contributed by atoms with Gasteiger partial charge in [0.2, 0.25) is 0 Å². The lowest BCUT2D eigenvalue weighted by Crippen LogP contribution is -1.96. The lowest BCUT2D eigenvalue weighted by atomic mass is 10.2. The summed E-state index contributed by atoms with van der Waals surface area (Å²) in [6, 6.07) is 10.3. The zero-order valence-corrected chi connectivity index (χ0v) is 10.7. The number of ether oxygens (including phenoxy) is 1. The van der Waals surface area contributed by atoms with Gasteiger partial charge in [0.15, 0.2) is 17.4 Å². The highest BCUT2D eigenvalue weighted by atomic mass is 19.1. The molecular formula is C16H9F2NO2. The van der Waals surface area contributed by atoms with Crippen molar-refractivity contribution in [2.45, 2.75) is 0 Å². The standard InChI is InChI=1S/C16H9F2NO2/c17-12-7-10(9-20)8-13(18)16(12)21-15-5-1-4-14-11(15)3-2-6-19-14/h1-9H. The fourth-order valence-corrected chi connectivity index (χ4v) is 2.02. The average Bonchev–Trinajstić information content (AvgIpc) is 2.50. The summed E-state index contributed by atoms with van der Waals surface area (Å²) >= 11 is 0. The van der Waals surface area contributed by atoms with Crippen molar-refractivity contribution in [3.05, 3.63) is 65.9 Å². The second-order valence-corrected chi connectivity index (χ2v) is 4.36. The minimum atomic E-state index is -0.932. The first kappa shape index (κ1) is 13.2. The maximum Gasteiger partial charge on any atom is 0.198 e. The highest BCUT2D eigenvalue weighted by Gasteiger charge is 2.15. The Labute approximate surface area is 118 Å². The van der Waals surface area contributed by atoms with Crippen LogP contribution >= 0.6 is 0 Å². The van der Waals surface area contributed by atoms with Crippen molar-refractivity contribution in [2.75, 3.05) is 0 Å². The van der Waals surface area contributed by atoms with Gasteiger partial charge in [-0.1, -0.05) is 6.07 Å². The van der Waals surface area contributed by atoms with E-state index < -0.39 is 17.4 Å². The molecule has 0 amide bonds. The summed E-state index contributed by atoms with van der Waals surface area (Å²) in [5, 5.41) is 0.637. The number of fused-ring (bicyclic) bond motifs is 1. The van der Waals surface area contributed by atoms with E-state index in [4.69, 9.17) is 4.74 Å². The van der Waals surface area contributed by atoms with Gasteiger partial charge in [-0.15, -0.1) is 0 Å². The van der Waals surface area contributed by atoms with Crippen molar-refractivity contribution in [1.29, 1.82) is 0 Å². The molecule has 0 N–H and O–H groups in total. The number of carbonyl (C=O) groups excluding carboxylic acids is 1. The van der Waals surface area contributed by atoms with Crippen molar-refractivity contribution >= 4 is 17.2 Å². The first-order valence-electron chi connectivity index (χ1n) is 6.15. The van der Waals surface area contributed by atoms with E-state index in [0.29, 0.717) is 17.2 Å². The lowest BCUT2D eigenvalue weighted by Gasteiger charge is -2.10. The van der Waals surface area contributed by atoms with E-state index >= 15 is 0 Å². The molecule has 0 spiro atoms. The molecule has 0 unspecified atom stereocenters. The predicted molar refractivity (Wildman–Crippen MR) is 73.6 cm³/mol. The number of hydrogen-bond acceptors (Lipinski definition) is 3. The van der Waals surface area contributed by atoms with Gasteiger partial charge in [0, 0.05) is 17.1 Å². The number of halogens is 2. The summed E-state index contributed by atoms with van der Waals surface area (Å²) in [4.78, 5) is 14.7. The van der Waals surface area contributed by atoms with Gasteiger partial charge in [0.25, 0.3) is 0 Å². The molecule has 5 heteroatoms. The van der Waals surface area contributed by atoms with E-state index in [0.717, 1.165) is 12.1 Å². The summed E-state index contributed by atoms with van der Waals surface area (Å²) in [6.07, 6.45) is 1.99. The van der Waals surface area contributed by atoms with Gasteiger partial charge in [-0.05, 0) is 36.4 Å². The zero-order valence-electron chi connectivity index (χ0n) is 10.7. The van der Waals surface area contributed by atoms with E-state index in [1.54, 1.807) is 36.5 Å². The fourth-order valence-electron chi connectivity index (χ4n) is 2.02. The minimum Gasteiger partial charge on any atom is -0.450 e. The molecule has 21 heavy (non-hydrogen) atoms. The highest BCUT2D eigenvalue weighted by Crippen LogP contribution is 2.32. The Balaban J connectivity index is 2.09. The molecule has 0 saturated carbocycles. The number of carbonyl (C=O) groups is 1. The second kappa shape index (κ2) is 5.28. The van der Waals surface area contributed by atoms with Crippen LogP contribution in [0, 0.1) is 11.6 Å². The fraction of sp³-hybridized carbons (Fsp3) is 0. The second-order valence-electron chi connectivity index (χ2n) is 4.36. The topological polar surface area (TPSA) is 39.2 Å². The van der Waals surface area contributed by atoms with Crippen molar-refractivity contribution in [1.82, 2.24) is 4.98 Å². The molecule has 0 radical (unpaired) electrons. The SMILES string of the molecule is O=Cc1cc(F)c(Oc2cccc3ncccc23)c(F)c1. The summed E-state index contributed by atoms with van der Waals surface area (Å²) in [5.41, 5.74) is 0.567. The van der Waals surface area contributed by atoms with Crippen molar-refractivity contribution in [3.8, 4) is 11.5 Å². The number of aldehydes is 1. The van der Waals surface area contributed by atoms with E-state index in [1.807, 2.05) is 0 Å². The molecule has 3 aromatic rings. The number of benzene rings is 2. The van der Waals surface area contributed by atoms with Crippen LogP contribution in [0.3, 0.4) is 0 Å². The average molecular weight is 285 g/mol. The smallest absolute Gasteiger partial charge is 0.198 e. The molecule has 0 aliphatic rings. The Morgan fingerprint density at radius 2 is 1.81 bits per heavy atom. The lowest BCUT2D eigenvalue weighted by molar-refractivity contribution is 0.112. The van der Waals surface area contributed by atoms with Gasteiger partial charge in [-0.3, -0.25) is 9.78 Å². The third-order valence-electron chi connectivity index (χ3n) is 2.97. The number of pyridine rings is 1. The molecule has 0 aliphatic heterocycles. The van der Waals surface area contributed by atoms with E-state index in [1.165, 1.54) is 0 Å². The van der Waals surface area contributed by atoms with Crippen LogP contribution in [0.25, 0.3) is 10.9 Å². The van der Waals surface area contributed by atoms with Crippen LogP contribution in [0.15, 0.2) is 48.7 Å². The summed E-state index contributed by atoms with van der Waals surface area (Å²) < 4.78 is 33.0. The number of rotatable bonds is 3. The highest BCUT2D eigenvalue weighted by molar-refractivity contribution is 5.85. The third kappa shape index (κ3) is 2.45. The molecule has 104 valence electrons. The van der Waals surface area contributed by atoms with Crippen molar-refractivity contribution in [2.24, 2.45) is 0 Å². The summed E-state index contributed by atoms with van der Waals surface area (Å²) in [5.74, 6) is -2.12. The van der Waals surface area contributed by atoms with Gasteiger partial charge in [0.1, 0.15) is 12.0 Å². The molecule has 2 aromatic carbocycles. The van der Waals surface area contributed by atoms with Crippen LogP contribution in [-0.4, -0.2) is 11.3 Å². The van der Waals surface area contributed by atoms with E-state index in [9.17, 15) is 13.6 Å². The van der Waals surface area contributed by atoms with Crippen LogP contribution in [0.2, 0.25) is 0 Å². The monoisotopic (exact) mass is 285 g/mol. The van der Waals surface area contributed by atoms with Gasteiger partial charge < -0.3 is 4.74 Å². The zero-order chi connectivity index (χ0) is 14.8. The number of hydrogen-bond donors (Lipinski definition) is 0. The Morgan fingerprint density at radius 3 is 2.52 bits per heavy atom. The Morgan fingerprint density at radius 1 is 1.05 bits per heavy atom. The van der Waals surface area contributed by atoms with Gasteiger partial charge >= 0.3 is 0 Å². The molecule has 0 fully saturated rings. The molecule has 0 saturated heterocycles. The van der Waals surface area contributed by atoms with Crippen LogP contribution in [-0.2, 0) is 0 Å². The van der Waals surface area contributed by atoms with Crippen molar-refractivity contribution in [3.63, 3.8) is 0 Å². The van der Waals surface area contributed by atoms with Gasteiger partial charge in [-0.2, -0.15) is 0 Å². The quantitative estimate of drug-likeness (QED) is 0.679. The Bertz CT molecular complexity index is 805. The Kier molecular flexibility index (Phi) is 3.31. The predicted octanol–water partition coefficient (Wildman–Crippen LogP) is 4.12. The maximum absolute atomic E-state index is 13.8. The summed E-state index contributed by atoms with van der Waals surface area (Å²) in [7, 11) is 0. The van der Waals surface area contributed by atoms with E-state index in [-0.39, 0.29) is 11.3 Å². The first-order chi connectivity index (χ1) is 10.2. The molecule has 3 nitrogen and oxygen atoms in total. The number of nitrogens with zero attached hydrogens (tertiary/aromatic N) is 1. The van der Waals surface area contributed by atoms with Crippen molar-refractivity contribution < 1.29 is 18.3 Å². The maximum atomic E-state index is 13.8. The molecule has 1 heterocycles. The summed E-state index contributed by atoms with van der Waals surface area (Å²) in [6.45, 7) is 0. The van der Waals surface area contributed by atoms with Crippen LogP contribution in [0.1, 0.15) is 10.4 Å². The van der Waals surface area contributed by atoms with Gasteiger partial charge in [0.05, 0.1) is 5.52 Å². The van der Waals surface area contributed by atoms with Gasteiger partial charge in [-0.25, -0.2) is 8.78 Å². The molecule has 0 atom stereocenters. The Hall–Kier alpha value is -2.82. The first-order valence-corrected chi connectivity index (χ1v) is 6.15. The van der Waals surface area contributed by atoms with Crippen LogP contribution in [0.4, 0.5) is 8.78 Å². The molecule has 0 aliphatic carbocycles. The third-order valence-corrected chi connectivity index (χ3v) is 2.97. The number of aromatic nitrogens is 1. The van der Waals surface area contributed by atoms with E-state index in [2.05, 4.69) is 4.98 Å². The molecule has 3 rings (SSSR count). The molecular weight excluding hydrogens is 276 g/mol. The van der Waals surface area contributed by atoms with Crippen LogP contribution in [0.5, 0.6) is 11.5 Å². The molecule has 1 aromatic heterocycles. The minimum absolute atomic E-state index is 0.0862. The largest absolute Gasteiger partial charge is 0.450 e. The normalized spacial score (nSPS) is 10.6. The molecule has 0 bridgehead atoms. The van der Waals surface area contributed by atoms with Crippen LogP contribution < -0.4 is 4.74 Å².